The summed E-state index contributed by atoms with van der Waals surface area (Å²) in [6, 6.07) is 9.77. The minimum absolute atomic E-state index is 0.196. The molecule has 128 valence electrons. The Balaban J connectivity index is 2.35. The first kappa shape index (κ1) is 17.5. The van der Waals surface area contributed by atoms with Crippen molar-refractivity contribution in [3.63, 3.8) is 0 Å². The highest BCUT2D eigenvalue weighted by Gasteiger charge is 2.26. The number of nitro groups is 1. The van der Waals surface area contributed by atoms with Gasteiger partial charge in [-0.2, -0.15) is 0 Å². The fraction of sp³-hybridized carbons (Fsp3) is 0.200. The van der Waals surface area contributed by atoms with Crippen LogP contribution in [0.1, 0.15) is 6.92 Å². The van der Waals surface area contributed by atoms with Gasteiger partial charge in [0.05, 0.1) is 24.7 Å². The fourth-order valence-electron chi connectivity index (χ4n) is 1.99. The maximum Gasteiger partial charge on any atom is 0.293 e. The maximum absolute atomic E-state index is 12.4. The Morgan fingerprint density at radius 2 is 1.75 bits per heavy atom. The Morgan fingerprint density at radius 3 is 2.29 bits per heavy atom. The highest BCUT2D eigenvalue weighted by molar-refractivity contribution is 7.92. The smallest absolute Gasteiger partial charge is 0.293 e. The number of nitrogens with one attached hydrogen (secondary N) is 1. The molecule has 9 heteroatoms. The summed E-state index contributed by atoms with van der Waals surface area (Å²) in [6.45, 7) is 2.32. The number of nitrogens with zero attached hydrogens (tertiary/aromatic N) is 1. The predicted octanol–water partition coefficient (Wildman–Crippen LogP) is 2.80. The van der Waals surface area contributed by atoms with E-state index < -0.39 is 25.5 Å². The van der Waals surface area contributed by atoms with Crippen LogP contribution in [0.4, 0.5) is 11.4 Å². The van der Waals surface area contributed by atoms with E-state index in [1.54, 1.807) is 12.1 Å². The van der Waals surface area contributed by atoms with Gasteiger partial charge in [0.1, 0.15) is 11.5 Å². The molecule has 0 radical (unpaired) electrons. The first-order valence-electron chi connectivity index (χ1n) is 6.95. The van der Waals surface area contributed by atoms with Gasteiger partial charge in [-0.3, -0.25) is 14.8 Å². The standard InChI is InChI=1S/C15H16N2O6S/c1-3-23-12-6-4-11(5-7-12)16-24(20,21)15-9-8-13(22-2)10-14(15)17(18)19/h4-10,16H,3H2,1-2H3. The van der Waals surface area contributed by atoms with Crippen molar-refractivity contribution in [2.75, 3.05) is 18.4 Å². The number of hydrogen-bond acceptors (Lipinski definition) is 6. The zero-order chi connectivity index (χ0) is 17.7. The van der Waals surface area contributed by atoms with E-state index in [1.807, 2.05) is 6.92 Å². The van der Waals surface area contributed by atoms with Crippen molar-refractivity contribution in [1.29, 1.82) is 0 Å². The lowest BCUT2D eigenvalue weighted by Crippen LogP contribution is -2.14. The van der Waals surface area contributed by atoms with Gasteiger partial charge in [0, 0.05) is 5.69 Å². The zero-order valence-electron chi connectivity index (χ0n) is 13.1. The van der Waals surface area contributed by atoms with Crippen molar-refractivity contribution >= 4 is 21.4 Å². The molecule has 1 N–H and O–H groups in total. The normalized spacial score (nSPS) is 10.9. The van der Waals surface area contributed by atoms with Gasteiger partial charge in [0.15, 0.2) is 4.90 Å². The van der Waals surface area contributed by atoms with Crippen LogP contribution in [0, 0.1) is 10.1 Å². The minimum Gasteiger partial charge on any atom is -0.497 e. The molecule has 8 nitrogen and oxygen atoms in total. The molecule has 0 aliphatic carbocycles. The van der Waals surface area contributed by atoms with Crippen molar-refractivity contribution in [3.8, 4) is 11.5 Å². The number of methoxy groups -OCH3 is 1. The number of hydrogen-bond donors (Lipinski definition) is 1. The zero-order valence-corrected chi connectivity index (χ0v) is 13.9. The quantitative estimate of drug-likeness (QED) is 0.606. The molecule has 0 aliphatic heterocycles. The van der Waals surface area contributed by atoms with E-state index in [-0.39, 0.29) is 11.4 Å². The third-order valence-electron chi connectivity index (χ3n) is 3.07. The van der Waals surface area contributed by atoms with Crippen molar-refractivity contribution in [1.82, 2.24) is 0 Å². The molecule has 0 atom stereocenters. The van der Waals surface area contributed by atoms with Crippen LogP contribution in [0.25, 0.3) is 0 Å². The average molecular weight is 352 g/mol. The van der Waals surface area contributed by atoms with Crippen LogP contribution < -0.4 is 14.2 Å². The molecule has 0 saturated heterocycles. The predicted molar refractivity (Wildman–Crippen MR) is 88.1 cm³/mol. The molecule has 2 aromatic carbocycles. The summed E-state index contributed by atoms with van der Waals surface area (Å²) in [6.07, 6.45) is 0. The number of ether oxygens (including phenoxy) is 2. The Labute approximate surface area is 139 Å². The summed E-state index contributed by atoms with van der Waals surface area (Å²) in [5, 5.41) is 11.1. The lowest BCUT2D eigenvalue weighted by molar-refractivity contribution is -0.387. The van der Waals surface area contributed by atoms with Gasteiger partial charge in [-0.25, -0.2) is 8.42 Å². The van der Waals surface area contributed by atoms with Gasteiger partial charge in [-0.15, -0.1) is 0 Å². The SMILES string of the molecule is CCOc1ccc(NS(=O)(=O)c2ccc(OC)cc2[N+](=O)[O-])cc1. The average Bonchev–Trinajstić information content (AvgIpc) is 2.56. The summed E-state index contributed by atoms with van der Waals surface area (Å²) in [5.74, 6) is 0.789. The molecule has 0 saturated carbocycles. The molecule has 0 unspecified atom stereocenters. The molecular formula is C15H16N2O6S. The molecule has 2 rings (SSSR count). The molecule has 0 aromatic heterocycles. The Kier molecular flexibility index (Phi) is 5.24. The van der Waals surface area contributed by atoms with Crippen molar-refractivity contribution in [2.45, 2.75) is 11.8 Å². The van der Waals surface area contributed by atoms with Crippen molar-refractivity contribution in [2.24, 2.45) is 0 Å². The first-order valence-corrected chi connectivity index (χ1v) is 8.44. The van der Waals surface area contributed by atoms with Gasteiger partial charge in [0.25, 0.3) is 15.7 Å². The largest absolute Gasteiger partial charge is 0.497 e. The second kappa shape index (κ2) is 7.18. The number of nitro benzene ring substituents is 1. The molecule has 0 spiro atoms. The Bertz CT molecular complexity index is 834. The van der Waals surface area contributed by atoms with Gasteiger partial charge in [-0.1, -0.05) is 0 Å². The van der Waals surface area contributed by atoms with E-state index in [2.05, 4.69) is 4.72 Å². The van der Waals surface area contributed by atoms with Crippen LogP contribution in [-0.4, -0.2) is 27.1 Å². The summed E-state index contributed by atoms with van der Waals surface area (Å²) in [7, 11) is -2.79. The molecular weight excluding hydrogens is 336 g/mol. The second-order valence-corrected chi connectivity index (χ2v) is 6.30. The lowest BCUT2D eigenvalue weighted by Gasteiger charge is -2.10. The fourth-order valence-corrected chi connectivity index (χ4v) is 3.20. The van der Waals surface area contributed by atoms with E-state index in [4.69, 9.17) is 9.47 Å². The monoisotopic (exact) mass is 352 g/mol. The summed E-state index contributed by atoms with van der Waals surface area (Å²) in [4.78, 5) is 9.94. The van der Waals surface area contributed by atoms with Gasteiger partial charge in [0.2, 0.25) is 0 Å². The minimum atomic E-state index is -4.13. The van der Waals surface area contributed by atoms with E-state index >= 15 is 0 Å². The van der Waals surface area contributed by atoms with Gasteiger partial charge < -0.3 is 9.47 Å². The van der Waals surface area contributed by atoms with Crippen LogP contribution in [0.3, 0.4) is 0 Å². The number of rotatable bonds is 7. The number of anilines is 1. The van der Waals surface area contributed by atoms with Crippen molar-refractivity contribution in [3.05, 3.63) is 52.6 Å². The molecule has 0 bridgehead atoms. The van der Waals surface area contributed by atoms with Crippen LogP contribution in [-0.2, 0) is 10.0 Å². The molecule has 0 amide bonds. The van der Waals surface area contributed by atoms with E-state index in [0.29, 0.717) is 12.4 Å². The molecule has 2 aromatic rings. The lowest BCUT2D eigenvalue weighted by atomic mass is 10.3. The van der Waals surface area contributed by atoms with E-state index in [1.165, 1.54) is 25.3 Å². The highest BCUT2D eigenvalue weighted by Crippen LogP contribution is 2.30. The van der Waals surface area contributed by atoms with Crippen molar-refractivity contribution < 1.29 is 22.8 Å². The van der Waals surface area contributed by atoms with Gasteiger partial charge >= 0.3 is 0 Å². The topological polar surface area (TPSA) is 108 Å². The summed E-state index contributed by atoms with van der Waals surface area (Å²) >= 11 is 0. The highest BCUT2D eigenvalue weighted by atomic mass is 32.2. The maximum atomic E-state index is 12.4. The Morgan fingerprint density at radius 1 is 1.12 bits per heavy atom. The summed E-state index contributed by atoms with van der Waals surface area (Å²) in [5.41, 5.74) is -0.295. The summed E-state index contributed by atoms with van der Waals surface area (Å²) < 4.78 is 37.4. The van der Waals surface area contributed by atoms with Crippen LogP contribution in [0.2, 0.25) is 0 Å². The van der Waals surface area contributed by atoms with E-state index in [9.17, 15) is 18.5 Å². The Hall–Kier alpha value is -2.81. The first-order chi connectivity index (χ1) is 11.4. The number of benzene rings is 2. The van der Waals surface area contributed by atoms with Crippen LogP contribution >= 0.6 is 0 Å². The molecule has 24 heavy (non-hydrogen) atoms. The molecule has 0 fully saturated rings. The third-order valence-corrected chi connectivity index (χ3v) is 4.50. The third kappa shape index (κ3) is 3.93. The molecule has 0 heterocycles. The van der Waals surface area contributed by atoms with Crippen LogP contribution in [0.15, 0.2) is 47.4 Å². The van der Waals surface area contributed by atoms with Crippen LogP contribution in [0.5, 0.6) is 11.5 Å². The molecule has 0 aliphatic rings. The second-order valence-electron chi connectivity index (χ2n) is 4.65. The van der Waals surface area contributed by atoms with E-state index in [0.717, 1.165) is 12.1 Å². The number of sulfonamides is 1. The van der Waals surface area contributed by atoms with Gasteiger partial charge in [-0.05, 0) is 43.3 Å².